The van der Waals surface area contributed by atoms with Crippen LogP contribution in [-0.4, -0.2) is 76.2 Å². The van der Waals surface area contributed by atoms with Crippen LogP contribution in [0.4, 0.5) is 11.6 Å². The number of hydrogen-bond acceptors (Lipinski definition) is 7. The van der Waals surface area contributed by atoms with Gasteiger partial charge in [-0.1, -0.05) is 11.6 Å². The average Bonchev–Trinajstić information content (AvgIpc) is 3.20. The monoisotopic (exact) mass is 534 g/mol. The normalized spacial score (nSPS) is 17.7. The lowest BCUT2D eigenvalue weighted by Gasteiger charge is -2.38. The van der Waals surface area contributed by atoms with E-state index in [2.05, 4.69) is 15.2 Å². The molecule has 0 spiro atoms. The predicted molar refractivity (Wildman–Crippen MR) is 149 cm³/mol. The highest BCUT2D eigenvalue weighted by molar-refractivity contribution is 6.30. The Kier molecular flexibility index (Phi) is 7.51. The maximum atomic E-state index is 13.3. The average molecular weight is 535 g/mol. The van der Waals surface area contributed by atoms with Gasteiger partial charge in [-0.15, -0.1) is 0 Å². The van der Waals surface area contributed by atoms with Gasteiger partial charge in [0, 0.05) is 49.2 Å². The molecule has 38 heavy (non-hydrogen) atoms. The van der Waals surface area contributed by atoms with Crippen LogP contribution in [0.2, 0.25) is 5.02 Å². The number of halogens is 1. The Bertz CT molecular complexity index is 1440. The maximum Gasteiger partial charge on any atom is 0.272 e. The van der Waals surface area contributed by atoms with Gasteiger partial charge in [-0.25, -0.2) is 4.98 Å². The van der Waals surface area contributed by atoms with Gasteiger partial charge in [-0.05, 0) is 63.5 Å². The first kappa shape index (κ1) is 26.0. The van der Waals surface area contributed by atoms with E-state index in [-0.39, 0.29) is 18.1 Å². The zero-order valence-electron chi connectivity index (χ0n) is 21.9. The number of pyridine rings is 1. The van der Waals surface area contributed by atoms with Crippen molar-refractivity contribution in [1.82, 2.24) is 24.3 Å². The summed E-state index contributed by atoms with van der Waals surface area (Å²) >= 11 is 5.99. The summed E-state index contributed by atoms with van der Waals surface area (Å²) in [5, 5.41) is 3.99. The Morgan fingerprint density at radius 3 is 2.68 bits per heavy atom. The van der Waals surface area contributed by atoms with Crippen LogP contribution in [0.3, 0.4) is 0 Å². The van der Waals surface area contributed by atoms with Crippen LogP contribution < -0.4 is 10.1 Å². The molecule has 2 aromatic heterocycles. The van der Waals surface area contributed by atoms with E-state index in [0.29, 0.717) is 41.3 Å². The van der Waals surface area contributed by atoms with Gasteiger partial charge in [0.2, 0.25) is 5.95 Å². The Balaban J connectivity index is 1.32. The summed E-state index contributed by atoms with van der Waals surface area (Å²) in [7, 11) is 5.94. The number of fused-ring (bicyclic) bond motifs is 1. The Hall–Kier alpha value is -3.66. The van der Waals surface area contributed by atoms with Crippen LogP contribution >= 0.6 is 11.6 Å². The number of aromatic nitrogens is 3. The summed E-state index contributed by atoms with van der Waals surface area (Å²) in [4.78, 5) is 26.3. The minimum atomic E-state index is -0.131. The minimum Gasteiger partial charge on any atom is -0.457 e. The second-order valence-corrected chi connectivity index (χ2v) is 10.2. The lowest BCUT2D eigenvalue weighted by atomic mass is 10.1. The minimum absolute atomic E-state index is 0.0328. The zero-order valence-corrected chi connectivity index (χ0v) is 22.6. The van der Waals surface area contributed by atoms with E-state index in [1.807, 2.05) is 80.0 Å². The molecule has 4 aromatic rings. The van der Waals surface area contributed by atoms with E-state index in [1.165, 1.54) is 0 Å². The third kappa shape index (κ3) is 5.75. The third-order valence-electron chi connectivity index (χ3n) is 6.47. The number of ether oxygens (including phenoxy) is 2. The van der Waals surface area contributed by atoms with Gasteiger partial charge in [0.1, 0.15) is 17.2 Å². The number of morpholine rings is 1. The van der Waals surface area contributed by atoms with E-state index >= 15 is 0 Å². The number of hydrogen-bond donors (Lipinski definition) is 1. The van der Waals surface area contributed by atoms with Crippen molar-refractivity contribution >= 4 is 40.2 Å². The van der Waals surface area contributed by atoms with Crippen LogP contribution in [0.5, 0.6) is 11.5 Å². The summed E-state index contributed by atoms with van der Waals surface area (Å²) in [6, 6.07) is 16.6. The molecule has 1 aliphatic heterocycles. The molecular weight excluding hydrogens is 504 g/mol. The quantitative estimate of drug-likeness (QED) is 0.359. The second-order valence-electron chi connectivity index (χ2n) is 9.78. The lowest BCUT2D eigenvalue weighted by Crippen LogP contribution is -2.53. The van der Waals surface area contributed by atoms with Gasteiger partial charge in [0.15, 0.2) is 0 Å². The molecule has 2 aromatic carbocycles. The number of carbonyl (C=O) groups is 1. The van der Waals surface area contributed by atoms with Crippen molar-refractivity contribution in [3.63, 3.8) is 0 Å². The lowest BCUT2D eigenvalue weighted by molar-refractivity contribution is -0.0548. The maximum absolute atomic E-state index is 13.3. The van der Waals surface area contributed by atoms with Gasteiger partial charge >= 0.3 is 0 Å². The van der Waals surface area contributed by atoms with Crippen molar-refractivity contribution in [2.75, 3.05) is 39.1 Å². The molecular formula is C28H31ClN6O3. The summed E-state index contributed by atoms with van der Waals surface area (Å²) in [6.45, 7) is 3.76. The van der Waals surface area contributed by atoms with Crippen molar-refractivity contribution in [3.05, 3.63) is 71.5 Å². The van der Waals surface area contributed by atoms with Crippen molar-refractivity contribution in [3.8, 4) is 11.5 Å². The summed E-state index contributed by atoms with van der Waals surface area (Å²) in [5.74, 6) is 1.71. The zero-order chi connectivity index (χ0) is 26.8. The molecule has 2 atom stereocenters. The fraction of sp³-hybridized carbons (Fsp3) is 0.321. The number of nitrogens with zero attached hydrogens (tertiary/aromatic N) is 5. The van der Waals surface area contributed by atoms with Crippen molar-refractivity contribution in [2.24, 2.45) is 7.05 Å². The van der Waals surface area contributed by atoms with Crippen LogP contribution in [0.25, 0.3) is 11.0 Å². The van der Waals surface area contributed by atoms with Crippen LogP contribution in [0.1, 0.15) is 17.4 Å². The third-order valence-corrected chi connectivity index (χ3v) is 6.73. The fourth-order valence-electron chi connectivity index (χ4n) is 4.51. The summed E-state index contributed by atoms with van der Waals surface area (Å²) in [5.41, 5.74) is 2.96. The Labute approximate surface area is 226 Å². The van der Waals surface area contributed by atoms with Crippen LogP contribution in [0, 0.1) is 0 Å². The number of carbonyl (C=O) groups excluding carboxylic acids is 1. The van der Waals surface area contributed by atoms with E-state index < -0.39 is 0 Å². The van der Waals surface area contributed by atoms with Crippen LogP contribution in [-0.2, 0) is 11.8 Å². The van der Waals surface area contributed by atoms with Gasteiger partial charge < -0.3 is 29.2 Å². The number of anilines is 2. The molecule has 0 aliphatic carbocycles. The highest BCUT2D eigenvalue weighted by Gasteiger charge is 2.31. The Morgan fingerprint density at radius 1 is 1.16 bits per heavy atom. The van der Waals surface area contributed by atoms with Gasteiger partial charge in [0.25, 0.3) is 5.91 Å². The number of aryl methyl sites for hydroxylation is 1. The first-order valence-corrected chi connectivity index (χ1v) is 12.8. The molecule has 1 fully saturated rings. The van der Waals surface area contributed by atoms with E-state index in [0.717, 1.165) is 23.3 Å². The van der Waals surface area contributed by atoms with Gasteiger partial charge in [-0.2, -0.15) is 0 Å². The van der Waals surface area contributed by atoms with E-state index in [9.17, 15) is 4.79 Å². The first-order chi connectivity index (χ1) is 18.3. The number of likely N-dealkylation sites (N-methyl/N-ethyl adjacent to an activating group) is 1. The van der Waals surface area contributed by atoms with E-state index in [1.54, 1.807) is 18.3 Å². The topological polar surface area (TPSA) is 84.8 Å². The number of nitrogens with one attached hydrogen (secondary N) is 1. The standard InChI is InChI=1S/C28H31ClN6O3/c1-18-17-37-23(15-33(2)3)16-35(18)27(36)25-14-22(11-12-30-25)38-21-9-10-26-24(13-21)32-28(34(26)4)31-20-7-5-19(29)6-8-20/h5-14,18,23H,15-17H2,1-4H3,(H,31,32)/t18?,23-/m1/s1. The fourth-order valence-corrected chi connectivity index (χ4v) is 4.64. The van der Waals surface area contributed by atoms with Gasteiger partial charge in [-0.3, -0.25) is 9.78 Å². The molecule has 1 amide bonds. The van der Waals surface area contributed by atoms with Crippen LogP contribution in [0.15, 0.2) is 60.8 Å². The predicted octanol–water partition coefficient (Wildman–Crippen LogP) is 4.95. The number of rotatable bonds is 7. The molecule has 0 bridgehead atoms. The summed E-state index contributed by atoms with van der Waals surface area (Å²) < 4.78 is 14.0. The highest BCUT2D eigenvalue weighted by atomic mass is 35.5. The van der Waals surface area contributed by atoms with Gasteiger partial charge in [0.05, 0.1) is 29.8 Å². The van der Waals surface area contributed by atoms with E-state index in [4.69, 9.17) is 26.1 Å². The molecule has 198 valence electrons. The summed E-state index contributed by atoms with van der Waals surface area (Å²) in [6.07, 6.45) is 1.56. The smallest absolute Gasteiger partial charge is 0.272 e. The number of benzene rings is 2. The molecule has 3 heterocycles. The van der Waals surface area contributed by atoms with Crippen molar-refractivity contribution in [1.29, 1.82) is 0 Å². The number of imidazole rings is 1. The molecule has 9 nitrogen and oxygen atoms in total. The number of amides is 1. The highest BCUT2D eigenvalue weighted by Crippen LogP contribution is 2.29. The SMILES string of the molecule is CC1CO[C@H](CN(C)C)CN1C(=O)c1cc(Oc2ccc3c(c2)nc(Nc2ccc(Cl)cc2)n3C)ccn1. The molecule has 0 radical (unpaired) electrons. The second kappa shape index (κ2) is 11.0. The first-order valence-electron chi connectivity index (χ1n) is 12.5. The molecule has 1 unspecified atom stereocenters. The Morgan fingerprint density at radius 2 is 1.92 bits per heavy atom. The molecule has 0 saturated carbocycles. The molecule has 1 saturated heterocycles. The largest absolute Gasteiger partial charge is 0.457 e. The molecule has 1 aliphatic rings. The molecule has 10 heteroatoms. The van der Waals surface area contributed by atoms with Crippen molar-refractivity contribution < 1.29 is 14.3 Å². The molecule has 1 N–H and O–H groups in total. The molecule has 5 rings (SSSR count). The van der Waals surface area contributed by atoms with Crippen molar-refractivity contribution in [2.45, 2.75) is 19.1 Å².